The fraction of sp³-hybridized carbons (Fsp3) is 0.143. The lowest BCUT2D eigenvalue weighted by Gasteiger charge is -2.16. The van der Waals surface area contributed by atoms with Gasteiger partial charge in [0, 0.05) is 24.0 Å². The van der Waals surface area contributed by atoms with E-state index in [1.807, 2.05) is 25.1 Å². The van der Waals surface area contributed by atoms with E-state index in [2.05, 4.69) is 47.8 Å². The molecule has 0 aliphatic heterocycles. The Balaban J connectivity index is 2.49. The molecule has 1 nitrogen and oxygen atoms in total. The van der Waals surface area contributed by atoms with Gasteiger partial charge in [-0.1, -0.05) is 65.5 Å². The average Bonchev–Trinajstić information content (AvgIpc) is 2.33. The fourth-order valence-corrected chi connectivity index (χ4v) is 3.70. The Morgan fingerprint density at radius 2 is 1.58 bits per heavy atom. The molecule has 0 radical (unpaired) electrons. The summed E-state index contributed by atoms with van der Waals surface area (Å²) in [5, 5.41) is 11.2. The minimum atomic E-state index is -0.724. The summed E-state index contributed by atoms with van der Waals surface area (Å²) < 4.78 is 2.63. The summed E-state index contributed by atoms with van der Waals surface area (Å²) >= 11 is 16.3. The number of aliphatic hydroxyl groups excluding tert-OH is 1. The second-order valence-corrected chi connectivity index (χ2v) is 7.19. The molecular weight excluding hydrogens is 459 g/mol. The van der Waals surface area contributed by atoms with Gasteiger partial charge in [-0.25, -0.2) is 0 Å². The zero-order valence-corrected chi connectivity index (χ0v) is 15.4. The molecule has 0 aliphatic rings. The lowest BCUT2D eigenvalue weighted by Crippen LogP contribution is -2.02. The number of hydrogen-bond donors (Lipinski definition) is 1. The van der Waals surface area contributed by atoms with E-state index in [1.54, 1.807) is 12.1 Å². The Hall–Kier alpha value is 0.130. The summed E-state index contributed by atoms with van der Waals surface area (Å²) in [6, 6.07) is 9.26. The third-order valence-corrected chi connectivity index (χ3v) is 5.29. The molecule has 0 aliphatic carbocycles. The van der Waals surface area contributed by atoms with Crippen LogP contribution in [0.25, 0.3) is 0 Å². The van der Waals surface area contributed by atoms with Crippen molar-refractivity contribution >= 4 is 59.4 Å². The van der Waals surface area contributed by atoms with Crippen LogP contribution in [0.3, 0.4) is 0 Å². The Morgan fingerprint density at radius 1 is 0.947 bits per heavy atom. The van der Waals surface area contributed by atoms with Crippen LogP contribution in [0.2, 0.25) is 5.02 Å². The van der Waals surface area contributed by atoms with Crippen molar-refractivity contribution in [3.05, 3.63) is 65.5 Å². The molecular formula is C14H10Br3ClO. The summed E-state index contributed by atoms with van der Waals surface area (Å²) in [7, 11) is 0. The predicted octanol–water partition coefficient (Wildman–Crippen LogP) is 6.02. The number of benzene rings is 2. The highest BCUT2D eigenvalue weighted by molar-refractivity contribution is 9.11. The number of hydrogen-bond acceptors (Lipinski definition) is 1. The maximum absolute atomic E-state index is 10.5. The zero-order valence-electron chi connectivity index (χ0n) is 9.92. The van der Waals surface area contributed by atoms with E-state index in [0.29, 0.717) is 5.02 Å². The highest BCUT2D eigenvalue weighted by Crippen LogP contribution is 2.36. The molecule has 1 unspecified atom stereocenters. The standard InChI is InChI=1S/C14H10Br3ClO/c1-7-4-12(16)10(6-11(7)15)14(19)9-3-2-8(18)5-13(9)17/h2-6,14,19H,1H3. The predicted molar refractivity (Wildman–Crippen MR) is 89.8 cm³/mol. The van der Waals surface area contributed by atoms with Crippen molar-refractivity contribution in [2.75, 3.05) is 0 Å². The first-order valence-electron chi connectivity index (χ1n) is 5.48. The third-order valence-electron chi connectivity index (χ3n) is 2.83. The minimum absolute atomic E-state index is 0.631. The summed E-state index contributed by atoms with van der Waals surface area (Å²) in [5.74, 6) is 0. The van der Waals surface area contributed by atoms with Crippen LogP contribution in [0, 0.1) is 6.92 Å². The Bertz CT molecular complexity index is 628. The molecule has 1 N–H and O–H groups in total. The number of aliphatic hydroxyl groups is 1. The molecule has 0 bridgehead atoms. The third kappa shape index (κ3) is 3.42. The number of aryl methyl sites for hydroxylation is 1. The van der Waals surface area contributed by atoms with Crippen molar-refractivity contribution in [3.63, 3.8) is 0 Å². The van der Waals surface area contributed by atoms with Gasteiger partial charge in [0.15, 0.2) is 0 Å². The van der Waals surface area contributed by atoms with Crippen molar-refractivity contribution in [1.29, 1.82) is 0 Å². The smallest absolute Gasteiger partial charge is 0.106 e. The molecule has 0 saturated carbocycles. The van der Waals surface area contributed by atoms with Crippen molar-refractivity contribution < 1.29 is 5.11 Å². The molecule has 0 saturated heterocycles. The van der Waals surface area contributed by atoms with E-state index in [0.717, 1.165) is 30.1 Å². The lowest BCUT2D eigenvalue weighted by molar-refractivity contribution is 0.218. The molecule has 1 atom stereocenters. The van der Waals surface area contributed by atoms with E-state index in [4.69, 9.17) is 11.6 Å². The molecule has 5 heteroatoms. The van der Waals surface area contributed by atoms with Gasteiger partial charge in [-0.2, -0.15) is 0 Å². The summed E-state index contributed by atoms with van der Waals surface area (Å²) in [6.45, 7) is 2.00. The van der Waals surface area contributed by atoms with E-state index in [1.165, 1.54) is 0 Å². The van der Waals surface area contributed by atoms with Crippen LogP contribution in [-0.4, -0.2) is 5.11 Å². The van der Waals surface area contributed by atoms with Crippen LogP contribution in [0.15, 0.2) is 43.7 Å². The molecule has 2 rings (SSSR count). The van der Waals surface area contributed by atoms with Gasteiger partial charge in [0.2, 0.25) is 0 Å². The van der Waals surface area contributed by atoms with E-state index < -0.39 is 6.10 Å². The van der Waals surface area contributed by atoms with Gasteiger partial charge in [0.25, 0.3) is 0 Å². The summed E-state index contributed by atoms with van der Waals surface area (Å²) in [6.07, 6.45) is -0.724. The molecule has 0 fully saturated rings. The average molecular weight is 469 g/mol. The topological polar surface area (TPSA) is 20.2 Å². The van der Waals surface area contributed by atoms with Crippen molar-refractivity contribution in [2.45, 2.75) is 13.0 Å². The monoisotopic (exact) mass is 466 g/mol. The summed E-state index contributed by atoms with van der Waals surface area (Å²) in [5.41, 5.74) is 2.69. The van der Waals surface area contributed by atoms with E-state index >= 15 is 0 Å². The maximum atomic E-state index is 10.5. The van der Waals surface area contributed by atoms with Gasteiger partial charge in [-0.15, -0.1) is 0 Å². The Kier molecular flexibility index (Phi) is 5.12. The maximum Gasteiger partial charge on any atom is 0.106 e. The highest BCUT2D eigenvalue weighted by Gasteiger charge is 2.17. The first kappa shape index (κ1) is 15.5. The summed E-state index contributed by atoms with van der Waals surface area (Å²) in [4.78, 5) is 0. The second-order valence-electron chi connectivity index (χ2n) is 4.19. The number of halogens is 4. The molecule has 2 aromatic rings. The SMILES string of the molecule is Cc1cc(Br)c(C(O)c2ccc(Cl)cc2Br)cc1Br. The van der Waals surface area contributed by atoms with Crippen molar-refractivity contribution in [2.24, 2.45) is 0 Å². The second kappa shape index (κ2) is 6.27. The van der Waals surface area contributed by atoms with Crippen molar-refractivity contribution in [1.82, 2.24) is 0 Å². The van der Waals surface area contributed by atoms with Gasteiger partial charge in [-0.05, 0) is 42.3 Å². The first-order valence-corrected chi connectivity index (χ1v) is 8.24. The van der Waals surface area contributed by atoms with Gasteiger partial charge >= 0.3 is 0 Å². The minimum Gasteiger partial charge on any atom is -0.384 e. The van der Waals surface area contributed by atoms with E-state index in [-0.39, 0.29) is 0 Å². The molecule has 0 heterocycles. The van der Waals surface area contributed by atoms with Gasteiger partial charge < -0.3 is 5.11 Å². The zero-order chi connectivity index (χ0) is 14.2. The Morgan fingerprint density at radius 3 is 2.21 bits per heavy atom. The van der Waals surface area contributed by atoms with E-state index in [9.17, 15) is 5.11 Å². The molecule has 0 amide bonds. The Labute approximate surface area is 142 Å². The van der Waals surface area contributed by atoms with Gasteiger partial charge in [-0.3, -0.25) is 0 Å². The van der Waals surface area contributed by atoms with Crippen molar-refractivity contribution in [3.8, 4) is 0 Å². The molecule has 0 aromatic heterocycles. The normalized spacial score (nSPS) is 12.5. The highest BCUT2D eigenvalue weighted by atomic mass is 79.9. The molecule has 2 aromatic carbocycles. The van der Waals surface area contributed by atoms with Crippen LogP contribution in [0.1, 0.15) is 22.8 Å². The molecule has 0 spiro atoms. The fourth-order valence-electron chi connectivity index (χ4n) is 1.76. The lowest BCUT2D eigenvalue weighted by atomic mass is 10.0. The van der Waals surface area contributed by atoms with Gasteiger partial charge in [0.05, 0.1) is 0 Å². The largest absolute Gasteiger partial charge is 0.384 e. The quantitative estimate of drug-likeness (QED) is 0.571. The molecule has 19 heavy (non-hydrogen) atoms. The van der Waals surface area contributed by atoms with Crippen LogP contribution in [0.5, 0.6) is 0 Å². The van der Waals surface area contributed by atoms with Gasteiger partial charge in [0.1, 0.15) is 6.10 Å². The van der Waals surface area contributed by atoms with Crippen LogP contribution in [-0.2, 0) is 0 Å². The van der Waals surface area contributed by atoms with Crippen LogP contribution in [0.4, 0.5) is 0 Å². The number of rotatable bonds is 2. The van der Waals surface area contributed by atoms with Crippen LogP contribution < -0.4 is 0 Å². The first-order chi connectivity index (χ1) is 8.90. The van der Waals surface area contributed by atoms with Crippen LogP contribution >= 0.6 is 59.4 Å². The molecule has 100 valence electrons.